The Balaban J connectivity index is 1.79. The predicted molar refractivity (Wildman–Crippen MR) is 70.8 cm³/mol. The van der Waals surface area contributed by atoms with Gasteiger partial charge in [0.2, 0.25) is 0 Å². The molecule has 0 amide bonds. The van der Waals surface area contributed by atoms with Crippen LogP contribution in [-0.4, -0.2) is 72.2 Å². The number of rotatable bonds is 6. The van der Waals surface area contributed by atoms with Crippen molar-refractivity contribution in [3.05, 3.63) is 0 Å². The summed E-state index contributed by atoms with van der Waals surface area (Å²) in [4.78, 5) is 16.1. The first-order valence-corrected chi connectivity index (χ1v) is 6.91. The summed E-state index contributed by atoms with van der Waals surface area (Å²) in [5, 5.41) is 12.7. The molecule has 1 atom stereocenters. The quantitative estimate of drug-likeness (QED) is 0.711. The van der Waals surface area contributed by atoms with Crippen molar-refractivity contribution < 1.29 is 9.90 Å². The van der Waals surface area contributed by atoms with Crippen molar-refractivity contribution >= 4 is 5.97 Å². The summed E-state index contributed by atoms with van der Waals surface area (Å²) in [5.74, 6) is -0.719. The van der Waals surface area contributed by atoms with E-state index in [0.29, 0.717) is 12.5 Å². The van der Waals surface area contributed by atoms with Crippen LogP contribution >= 0.6 is 0 Å². The first-order valence-electron chi connectivity index (χ1n) is 6.91. The summed E-state index contributed by atoms with van der Waals surface area (Å²) in [7, 11) is 2.13. The summed E-state index contributed by atoms with van der Waals surface area (Å²) in [6.07, 6.45) is 2.93. The summed E-state index contributed by atoms with van der Waals surface area (Å²) in [6, 6.07) is 0.429. The lowest BCUT2D eigenvalue weighted by atomic mass is 9.97. The molecule has 0 aromatic carbocycles. The van der Waals surface area contributed by atoms with Crippen LogP contribution in [-0.2, 0) is 4.79 Å². The highest BCUT2D eigenvalue weighted by molar-refractivity contribution is 5.78. The molecule has 2 aliphatic rings. The van der Waals surface area contributed by atoms with E-state index in [2.05, 4.69) is 22.2 Å². The lowest BCUT2D eigenvalue weighted by Crippen LogP contribution is -2.53. The standard InChI is InChI=1S/C13H25N3O2/c1-13(12(17)18,14-11-3-4-11)5-6-16-9-7-15(2)8-10-16/h11,14H,3-10H2,1-2H3,(H,17,18). The smallest absolute Gasteiger partial charge is 0.323 e. The van der Waals surface area contributed by atoms with E-state index < -0.39 is 11.5 Å². The zero-order valence-corrected chi connectivity index (χ0v) is 11.5. The van der Waals surface area contributed by atoms with E-state index in [0.717, 1.165) is 45.6 Å². The second-order valence-corrected chi connectivity index (χ2v) is 5.95. The van der Waals surface area contributed by atoms with Crippen LogP contribution in [0.4, 0.5) is 0 Å². The highest BCUT2D eigenvalue weighted by Gasteiger charge is 2.38. The average Bonchev–Trinajstić information content (AvgIpc) is 3.12. The molecule has 0 spiro atoms. The molecule has 0 aromatic rings. The van der Waals surface area contributed by atoms with Crippen molar-refractivity contribution in [1.29, 1.82) is 0 Å². The van der Waals surface area contributed by atoms with Crippen molar-refractivity contribution in [3.8, 4) is 0 Å². The minimum atomic E-state index is -0.759. The molecule has 1 heterocycles. The zero-order valence-electron chi connectivity index (χ0n) is 11.5. The molecule has 2 fully saturated rings. The van der Waals surface area contributed by atoms with Crippen LogP contribution < -0.4 is 5.32 Å². The van der Waals surface area contributed by atoms with Gasteiger partial charge < -0.3 is 14.9 Å². The largest absolute Gasteiger partial charge is 0.480 e. The molecule has 104 valence electrons. The van der Waals surface area contributed by atoms with E-state index >= 15 is 0 Å². The van der Waals surface area contributed by atoms with Gasteiger partial charge in [-0.05, 0) is 33.2 Å². The molecule has 1 saturated heterocycles. The molecule has 18 heavy (non-hydrogen) atoms. The van der Waals surface area contributed by atoms with E-state index in [1.807, 2.05) is 6.92 Å². The van der Waals surface area contributed by atoms with E-state index in [9.17, 15) is 9.90 Å². The number of hydrogen-bond acceptors (Lipinski definition) is 4. The first-order chi connectivity index (χ1) is 8.49. The van der Waals surface area contributed by atoms with Crippen molar-refractivity contribution in [3.63, 3.8) is 0 Å². The SMILES string of the molecule is CN1CCN(CCC(C)(NC2CC2)C(=O)O)CC1. The molecule has 5 heteroatoms. The Kier molecular flexibility index (Phi) is 4.25. The molecule has 0 radical (unpaired) electrons. The summed E-state index contributed by atoms with van der Waals surface area (Å²) in [5.41, 5.74) is -0.759. The Hall–Kier alpha value is -0.650. The fourth-order valence-electron chi connectivity index (χ4n) is 2.37. The second kappa shape index (κ2) is 5.55. The number of aliphatic carboxylic acids is 1. The first kappa shape index (κ1) is 13.8. The molecule has 5 nitrogen and oxygen atoms in total. The summed E-state index contributed by atoms with van der Waals surface area (Å²) >= 11 is 0. The number of carboxylic acid groups (broad SMARTS) is 1. The number of nitrogens with zero attached hydrogens (tertiary/aromatic N) is 2. The maximum absolute atomic E-state index is 11.4. The molecule has 1 unspecified atom stereocenters. The third-order valence-electron chi connectivity index (χ3n) is 4.10. The Morgan fingerprint density at radius 1 is 1.33 bits per heavy atom. The number of hydrogen-bond donors (Lipinski definition) is 2. The monoisotopic (exact) mass is 255 g/mol. The van der Waals surface area contributed by atoms with E-state index in [-0.39, 0.29) is 0 Å². The Morgan fingerprint density at radius 3 is 2.44 bits per heavy atom. The highest BCUT2D eigenvalue weighted by Crippen LogP contribution is 2.24. The van der Waals surface area contributed by atoms with E-state index in [1.54, 1.807) is 0 Å². The number of likely N-dealkylation sites (N-methyl/N-ethyl adjacent to an activating group) is 1. The van der Waals surface area contributed by atoms with Gasteiger partial charge in [-0.25, -0.2) is 0 Å². The molecule has 2 N–H and O–H groups in total. The van der Waals surface area contributed by atoms with Crippen LogP contribution in [0.3, 0.4) is 0 Å². The lowest BCUT2D eigenvalue weighted by molar-refractivity contribution is -0.144. The predicted octanol–water partition coefficient (Wildman–Crippen LogP) is 0.219. The molecule has 1 saturated carbocycles. The van der Waals surface area contributed by atoms with E-state index in [1.165, 1.54) is 0 Å². The minimum Gasteiger partial charge on any atom is -0.480 e. The maximum Gasteiger partial charge on any atom is 0.323 e. The number of nitrogens with one attached hydrogen (secondary N) is 1. The Bertz CT molecular complexity index is 299. The topological polar surface area (TPSA) is 55.8 Å². The zero-order chi connectivity index (χ0) is 13.2. The van der Waals surface area contributed by atoms with Gasteiger partial charge in [-0.2, -0.15) is 0 Å². The van der Waals surface area contributed by atoms with Gasteiger partial charge in [0.05, 0.1) is 0 Å². The average molecular weight is 255 g/mol. The van der Waals surface area contributed by atoms with Crippen molar-refractivity contribution in [2.75, 3.05) is 39.8 Å². The summed E-state index contributed by atoms with van der Waals surface area (Å²) < 4.78 is 0. The van der Waals surface area contributed by atoms with Crippen LogP contribution in [0.15, 0.2) is 0 Å². The van der Waals surface area contributed by atoms with Crippen LogP contribution in [0.1, 0.15) is 26.2 Å². The highest BCUT2D eigenvalue weighted by atomic mass is 16.4. The van der Waals surface area contributed by atoms with Crippen molar-refractivity contribution in [2.24, 2.45) is 0 Å². The lowest BCUT2D eigenvalue weighted by Gasteiger charge is -2.35. The number of carbonyl (C=O) groups is 1. The Labute approximate surface area is 109 Å². The van der Waals surface area contributed by atoms with Crippen LogP contribution in [0, 0.1) is 0 Å². The molecule has 0 aromatic heterocycles. The van der Waals surface area contributed by atoms with Crippen LogP contribution in [0.25, 0.3) is 0 Å². The van der Waals surface area contributed by atoms with Gasteiger partial charge in [0, 0.05) is 38.8 Å². The fourth-order valence-corrected chi connectivity index (χ4v) is 2.37. The van der Waals surface area contributed by atoms with Gasteiger partial charge in [0.25, 0.3) is 0 Å². The second-order valence-electron chi connectivity index (χ2n) is 5.95. The normalized spacial score (nSPS) is 25.9. The fraction of sp³-hybridized carbons (Fsp3) is 0.923. The molecule has 2 rings (SSSR count). The van der Waals surface area contributed by atoms with Crippen LogP contribution in [0.5, 0.6) is 0 Å². The van der Waals surface area contributed by atoms with Gasteiger partial charge >= 0.3 is 5.97 Å². The van der Waals surface area contributed by atoms with Crippen molar-refractivity contribution in [1.82, 2.24) is 15.1 Å². The van der Waals surface area contributed by atoms with Gasteiger partial charge in [0.1, 0.15) is 5.54 Å². The number of carboxylic acids is 1. The number of piperazine rings is 1. The molecule has 1 aliphatic carbocycles. The minimum absolute atomic E-state index is 0.429. The van der Waals surface area contributed by atoms with Gasteiger partial charge in [0.15, 0.2) is 0 Å². The van der Waals surface area contributed by atoms with Crippen molar-refractivity contribution in [2.45, 2.75) is 37.8 Å². The third-order valence-corrected chi connectivity index (χ3v) is 4.10. The van der Waals surface area contributed by atoms with E-state index in [4.69, 9.17) is 0 Å². The van der Waals surface area contributed by atoms with Gasteiger partial charge in [-0.15, -0.1) is 0 Å². The maximum atomic E-state index is 11.4. The third kappa shape index (κ3) is 3.67. The summed E-state index contributed by atoms with van der Waals surface area (Å²) in [6.45, 7) is 6.96. The Morgan fingerprint density at radius 2 is 1.94 bits per heavy atom. The van der Waals surface area contributed by atoms with Crippen LogP contribution in [0.2, 0.25) is 0 Å². The molecular formula is C13H25N3O2. The molecular weight excluding hydrogens is 230 g/mol. The van der Waals surface area contributed by atoms with Gasteiger partial charge in [-0.1, -0.05) is 0 Å². The molecule has 0 bridgehead atoms. The van der Waals surface area contributed by atoms with Gasteiger partial charge in [-0.3, -0.25) is 10.1 Å². The molecule has 1 aliphatic heterocycles.